The van der Waals surface area contributed by atoms with Gasteiger partial charge in [-0.25, -0.2) is 9.97 Å². The second-order valence-corrected chi connectivity index (χ2v) is 3.89. The molecular weight excluding hydrogens is 248 g/mol. The number of rotatable bonds is 3. The Labute approximate surface area is 89.2 Å². The number of anilines is 1. The van der Waals surface area contributed by atoms with Gasteiger partial charge in [-0.1, -0.05) is 0 Å². The van der Waals surface area contributed by atoms with Gasteiger partial charge in [0.1, 0.15) is 5.82 Å². The molecule has 3 N–H and O–H groups in total. The number of primary amides is 1. The van der Waals surface area contributed by atoms with Crippen molar-refractivity contribution in [3.8, 4) is 0 Å². The molecule has 1 aliphatic carbocycles. The van der Waals surface area contributed by atoms with E-state index in [2.05, 4.69) is 31.2 Å². The maximum atomic E-state index is 11.0. The Morgan fingerprint density at radius 3 is 2.93 bits per heavy atom. The average molecular weight is 257 g/mol. The van der Waals surface area contributed by atoms with Gasteiger partial charge in [0.25, 0.3) is 5.91 Å². The van der Waals surface area contributed by atoms with Crippen molar-refractivity contribution in [2.75, 3.05) is 5.32 Å². The summed E-state index contributed by atoms with van der Waals surface area (Å²) in [6, 6.07) is 0.426. The highest BCUT2D eigenvalue weighted by molar-refractivity contribution is 9.10. The van der Waals surface area contributed by atoms with E-state index in [9.17, 15) is 4.79 Å². The lowest BCUT2D eigenvalue weighted by molar-refractivity contribution is 0.100. The number of hydrogen-bond acceptors (Lipinski definition) is 4. The number of carbonyl (C=O) groups excluding carboxylic acids is 1. The van der Waals surface area contributed by atoms with Gasteiger partial charge in [-0.2, -0.15) is 0 Å². The van der Waals surface area contributed by atoms with Crippen LogP contribution in [0.2, 0.25) is 0 Å². The van der Waals surface area contributed by atoms with Gasteiger partial charge in [-0.3, -0.25) is 4.79 Å². The summed E-state index contributed by atoms with van der Waals surface area (Å²) in [4.78, 5) is 18.9. The summed E-state index contributed by atoms with van der Waals surface area (Å²) in [6.45, 7) is 0. The Balaban J connectivity index is 2.31. The number of aromatic nitrogens is 2. The lowest BCUT2D eigenvalue weighted by Crippen LogP contribution is -2.17. The Hall–Kier alpha value is -1.17. The first-order valence-corrected chi connectivity index (χ1v) is 5.05. The topological polar surface area (TPSA) is 80.9 Å². The van der Waals surface area contributed by atoms with Gasteiger partial charge in [-0.15, -0.1) is 0 Å². The molecule has 6 heteroatoms. The van der Waals surface area contributed by atoms with Crippen LogP contribution >= 0.6 is 15.9 Å². The van der Waals surface area contributed by atoms with Crippen LogP contribution in [0.4, 0.5) is 5.82 Å². The number of nitrogens with two attached hydrogens (primary N) is 1. The molecule has 14 heavy (non-hydrogen) atoms. The van der Waals surface area contributed by atoms with E-state index in [1.165, 1.54) is 6.20 Å². The fourth-order valence-corrected chi connectivity index (χ4v) is 1.35. The van der Waals surface area contributed by atoms with E-state index in [-0.39, 0.29) is 0 Å². The van der Waals surface area contributed by atoms with Gasteiger partial charge < -0.3 is 11.1 Å². The molecule has 0 aromatic carbocycles. The molecule has 1 aromatic rings. The molecule has 0 bridgehead atoms. The maximum Gasteiger partial charge on any atom is 0.254 e. The second-order valence-electron chi connectivity index (χ2n) is 3.18. The summed E-state index contributed by atoms with van der Waals surface area (Å²) < 4.78 is 0.450. The van der Waals surface area contributed by atoms with Gasteiger partial charge in [0, 0.05) is 12.2 Å². The minimum absolute atomic E-state index is 0.333. The molecule has 1 aromatic heterocycles. The predicted molar refractivity (Wildman–Crippen MR) is 54.9 cm³/mol. The van der Waals surface area contributed by atoms with Crippen molar-refractivity contribution >= 4 is 27.7 Å². The van der Waals surface area contributed by atoms with Crippen molar-refractivity contribution in [3.05, 3.63) is 16.5 Å². The molecule has 0 saturated heterocycles. The smallest absolute Gasteiger partial charge is 0.254 e. The van der Waals surface area contributed by atoms with Gasteiger partial charge >= 0.3 is 0 Å². The van der Waals surface area contributed by atoms with Crippen molar-refractivity contribution in [1.29, 1.82) is 0 Å². The Kier molecular flexibility index (Phi) is 2.37. The van der Waals surface area contributed by atoms with Crippen LogP contribution in [-0.2, 0) is 0 Å². The Morgan fingerprint density at radius 1 is 1.64 bits per heavy atom. The molecular formula is C8H9BrN4O. The van der Waals surface area contributed by atoms with E-state index in [4.69, 9.17) is 5.73 Å². The van der Waals surface area contributed by atoms with Gasteiger partial charge in [-0.05, 0) is 28.8 Å². The first-order valence-electron chi connectivity index (χ1n) is 4.25. The van der Waals surface area contributed by atoms with Crippen molar-refractivity contribution in [1.82, 2.24) is 9.97 Å². The predicted octanol–water partition coefficient (Wildman–Crippen LogP) is 0.912. The molecule has 0 aliphatic heterocycles. The van der Waals surface area contributed by atoms with Crippen molar-refractivity contribution < 1.29 is 4.79 Å². The number of hydrogen-bond donors (Lipinski definition) is 2. The fourth-order valence-electron chi connectivity index (χ4n) is 1.07. The Bertz CT molecular complexity index is 378. The summed E-state index contributed by atoms with van der Waals surface area (Å²) in [5, 5.41) is 3.12. The highest BCUT2D eigenvalue weighted by Crippen LogP contribution is 2.25. The van der Waals surface area contributed by atoms with Crippen LogP contribution in [0, 0.1) is 0 Å². The van der Waals surface area contributed by atoms with E-state index in [1.54, 1.807) is 0 Å². The summed E-state index contributed by atoms with van der Waals surface area (Å²) in [7, 11) is 0. The summed E-state index contributed by atoms with van der Waals surface area (Å²) in [5.41, 5.74) is 5.52. The zero-order chi connectivity index (χ0) is 10.1. The largest absolute Gasteiger partial charge is 0.367 e. The molecule has 0 unspecified atom stereocenters. The first kappa shape index (κ1) is 9.39. The van der Waals surface area contributed by atoms with Gasteiger partial charge in [0.05, 0.1) is 5.56 Å². The van der Waals surface area contributed by atoms with Crippen LogP contribution in [0.5, 0.6) is 0 Å². The highest BCUT2D eigenvalue weighted by Gasteiger charge is 2.23. The average Bonchev–Trinajstić information content (AvgIpc) is 2.87. The van der Waals surface area contributed by atoms with Crippen LogP contribution in [0.1, 0.15) is 23.2 Å². The normalized spacial score (nSPS) is 15.2. The SMILES string of the molecule is NC(=O)c1cnc(Br)nc1NC1CC1. The molecule has 1 aliphatic rings. The van der Waals surface area contributed by atoms with E-state index < -0.39 is 5.91 Å². The van der Waals surface area contributed by atoms with Crippen LogP contribution in [-0.4, -0.2) is 21.9 Å². The lowest BCUT2D eigenvalue weighted by atomic mass is 10.3. The molecule has 74 valence electrons. The molecule has 2 rings (SSSR count). The minimum atomic E-state index is -0.513. The van der Waals surface area contributed by atoms with E-state index >= 15 is 0 Å². The van der Waals surface area contributed by atoms with E-state index in [1.807, 2.05) is 0 Å². The van der Waals surface area contributed by atoms with Crippen LogP contribution < -0.4 is 11.1 Å². The highest BCUT2D eigenvalue weighted by atomic mass is 79.9. The lowest BCUT2D eigenvalue weighted by Gasteiger charge is -2.06. The van der Waals surface area contributed by atoms with Crippen LogP contribution in [0.3, 0.4) is 0 Å². The van der Waals surface area contributed by atoms with Gasteiger partial charge in [0.15, 0.2) is 4.73 Å². The third-order valence-corrected chi connectivity index (χ3v) is 2.33. The molecule has 1 amide bonds. The fraction of sp³-hybridized carbons (Fsp3) is 0.375. The van der Waals surface area contributed by atoms with Crippen molar-refractivity contribution in [3.63, 3.8) is 0 Å². The van der Waals surface area contributed by atoms with E-state index in [0.717, 1.165) is 12.8 Å². The third kappa shape index (κ3) is 2.01. The monoisotopic (exact) mass is 256 g/mol. The minimum Gasteiger partial charge on any atom is -0.367 e. The van der Waals surface area contributed by atoms with Crippen LogP contribution in [0.15, 0.2) is 10.9 Å². The molecule has 1 fully saturated rings. The van der Waals surface area contributed by atoms with Crippen molar-refractivity contribution in [2.24, 2.45) is 5.73 Å². The summed E-state index contributed by atoms with van der Waals surface area (Å²) in [5.74, 6) is 0.00234. The van der Waals surface area contributed by atoms with E-state index in [0.29, 0.717) is 22.2 Å². The quantitative estimate of drug-likeness (QED) is 0.788. The number of halogens is 1. The molecule has 5 nitrogen and oxygen atoms in total. The van der Waals surface area contributed by atoms with Crippen molar-refractivity contribution in [2.45, 2.75) is 18.9 Å². The third-order valence-electron chi connectivity index (χ3n) is 1.94. The zero-order valence-corrected chi connectivity index (χ0v) is 8.91. The number of nitrogens with one attached hydrogen (secondary N) is 1. The van der Waals surface area contributed by atoms with Gasteiger partial charge in [0.2, 0.25) is 0 Å². The second kappa shape index (κ2) is 3.53. The maximum absolute atomic E-state index is 11.0. The molecule has 0 radical (unpaired) electrons. The Morgan fingerprint density at radius 2 is 2.36 bits per heavy atom. The number of carbonyl (C=O) groups is 1. The molecule has 1 heterocycles. The standard InChI is InChI=1S/C8H9BrN4O/c9-8-11-3-5(6(10)14)7(13-8)12-4-1-2-4/h3-4H,1-2H2,(H2,10,14)(H,11,12,13). The number of nitrogens with zero attached hydrogens (tertiary/aromatic N) is 2. The first-order chi connectivity index (χ1) is 6.66. The zero-order valence-electron chi connectivity index (χ0n) is 7.33. The van der Waals surface area contributed by atoms with Crippen LogP contribution in [0.25, 0.3) is 0 Å². The summed E-state index contributed by atoms with van der Waals surface area (Å²) >= 11 is 3.14. The molecule has 0 atom stereocenters. The number of amides is 1. The molecule has 1 saturated carbocycles. The molecule has 0 spiro atoms. The summed E-state index contributed by atoms with van der Waals surface area (Å²) in [6.07, 6.45) is 3.64.